The number of hydrogen-bond donors (Lipinski definition) is 0. The molecule has 0 N–H and O–H groups in total. The van der Waals surface area contributed by atoms with Gasteiger partial charge in [-0.25, -0.2) is 8.42 Å². The standard InChI is InChI=1S/C19H18N2O4S2/c1-15-8-10-17(11-9-15)27(22,23)13-5-12-26-19-21-20-18(25-19)14-24-16-6-3-2-4-7-16/h2-11,13H,12,14H2,1H3. The third-order valence-corrected chi connectivity index (χ3v) is 5.73. The van der Waals surface area contributed by atoms with Gasteiger partial charge < -0.3 is 9.15 Å². The average molecular weight is 402 g/mol. The summed E-state index contributed by atoms with van der Waals surface area (Å²) in [5.74, 6) is 1.47. The predicted octanol–water partition coefficient (Wildman–Crippen LogP) is 4.04. The van der Waals surface area contributed by atoms with Crippen LogP contribution >= 0.6 is 11.8 Å². The molecule has 0 amide bonds. The Balaban J connectivity index is 1.49. The predicted molar refractivity (Wildman–Crippen MR) is 103 cm³/mol. The summed E-state index contributed by atoms with van der Waals surface area (Å²) in [5, 5.41) is 9.38. The molecule has 0 aliphatic heterocycles. The molecule has 8 heteroatoms. The maximum absolute atomic E-state index is 12.2. The maximum Gasteiger partial charge on any atom is 0.277 e. The first-order valence-electron chi connectivity index (χ1n) is 8.14. The summed E-state index contributed by atoms with van der Waals surface area (Å²) in [7, 11) is -3.45. The van der Waals surface area contributed by atoms with Crippen LogP contribution in [-0.4, -0.2) is 24.4 Å². The zero-order valence-corrected chi connectivity index (χ0v) is 16.2. The molecule has 0 fully saturated rings. The highest BCUT2D eigenvalue weighted by Gasteiger charge is 2.10. The van der Waals surface area contributed by atoms with Gasteiger partial charge in [-0.05, 0) is 31.2 Å². The van der Waals surface area contributed by atoms with E-state index in [0.29, 0.717) is 22.6 Å². The number of rotatable bonds is 8. The van der Waals surface area contributed by atoms with Crippen LogP contribution < -0.4 is 4.74 Å². The largest absolute Gasteiger partial charge is 0.484 e. The van der Waals surface area contributed by atoms with E-state index >= 15 is 0 Å². The SMILES string of the molecule is Cc1ccc(S(=O)(=O)C=CCSc2nnc(COc3ccccc3)o2)cc1. The number of aromatic nitrogens is 2. The molecular weight excluding hydrogens is 384 g/mol. The lowest BCUT2D eigenvalue weighted by Crippen LogP contribution is -1.96. The molecule has 0 atom stereocenters. The second-order valence-corrected chi connectivity index (χ2v) is 8.41. The number of benzene rings is 2. The van der Waals surface area contributed by atoms with Gasteiger partial charge in [0.05, 0.1) is 4.90 Å². The third kappa shape index (κ3) is 5.70. The number of ether oxygens (including phenoxy) is 1. The van der Waals surface area contributed by atoms with Gasteiger partial charge in [-0.1, -0.05) is 53.7 Å². The summed E-state index contributed by atoms with van der Waals surface area (Å²) in [6.45, 7) is 2.08. The van der Waals surface area contributed by atoms with E-state index in [1.54, 1.807) is 30.3 Å². The molecule has 0 aliphatic rings. The van der Waals surface area contributed by atoms with Gasteiger partial charge in [-0.2, -0.15) is 0 Å². The fourth-order valence-electron chi connectivity index (χ4n) is 2.11. The molecule has 1 aromatic heterocycles. The van der Waals surface area contributed by atoms with E-state index in [0.717, 1.165) is 5.56 Å². The Morgan fingerprint density at radius 2 is 1.81 bits per heavy atom. The van der Waals surface area contributed by atoms with Crippen LogP contribution in [0.5, 0.6) is 5.75 Å². The first-order chi connectivity index (χ1) is 13.0. The molecule has 3 rings (SSSR count). The van der Waals surface area contributed by atoms with Gasteiger partial charge in [0, 0.05) is 11.2 Å². The minimum atomic E-state index is -3.45. The van der Waals surface area contributed by atoms with Gasteiger partial charge in [0.1, 0.15) is 5.75 Å². The summed E-state index contributed by atoms with van der Waals surface area (Å²) >= 11 is 1.25. The van der Waals surface area contributed by atoms with Gasteiger partial charge in [0.2, 0.25) is 0 Å². The van der Waals surface area contributed by atoms with Crippen molar-refractivity contribution >= 4 is 21.6 Å². The molecule has 0 saturated carbocycles. The molecule has 0 unspecified atom stereocenters. The highest BCUT2D eigenvalue weighted by atomic mass is 32.2. The van der Waals surface area contributed by atoms with Crippen molar-refractivity contribution in [2.24, 2.45) is 0 Å². The van der Waals surface area contributed by atoms with E-state index < -0.39 is 9.84 Å². The van der Waals surface area contributed by atoms with Gasteiger partial charge >= 0.3 is 0 Å². The van der Waals surface area contributed by atoms with Crippen LogP contribution in [-0.2, 0) is 16.4 Å². The van der Waals surface area contributed by atoms with Crippen LogP contribution in [0.3, 0.4) is 0 Å². The summed E-state index contributed by atoms with van der Waals surface area (Å²) < 4.78 is 35.4. The van der Waals surface area contributed by atoms with Crippen LogP contribution in [0.4, 0.5) is 0 Å². The smallest absolute Gasteiger partial charge is 0.277 e. The molecule has 140 valence electrons. The number of nitrogens with zero attached hydrogens (tertiary/aromatic N) is 2. The van der Waals surface area contributed by atoms with E-state index in [1.165, 1.54) is 17.2 Å². The van der Waals surface area contributed by atoms with Gasteiger partial charge in [-0.3, -0.25) is 0 Å². The first kappa shape index (κ1) is 19.2. The second-order valence-electron chi connectivity index (χ2n) is 5.60. The third-order valence-electron chi connectivity index (χ3n) is 3.48. The molecule has 0 aliphatic carbocycles. The van der Waals surface area contributed by atoms with E-state index in [4.69, 9.17) is 9.15 Å². The minimum Gasteiger partial charge on any atom is -0.484 e. The van der Waals surface area contributed by atoms with Crippen molar-refractivity contribution < 1.29 is 17.6 Å². The fraction of sp³-hybridized carbons (Fsp3) is 0.158. The maximum atomic E-state index is 12.2. The van der Waals surface area contributed by atoms with Crippen LogP contribution in [0.2, 0.25) is 0 Å². The molecule has 1 heterocycles. The highest BCUT2D eigenvalue weighted by Crippen LogP contribution is 2.19. The zero-order valence-electron chi connectivity index (χ0n) is 14.6. The summed E-state index contributed by atoms with van der Waals surface area (Å²) in [6.07, 6.45) is 1.56. The lowest BCUT2D eigenvalue weighted by atomic mass is 10.2. The summed E-state index contributed by atoms with van der Waals surface area (Å²) in [6, 6.07) is 16.1. The Kier molecular flexibility index (Phi) is 6.31. The minimum absolute atomic E-state index is 0.176. The second kappa shape index (κ2) is 8.88. The normalized spacial score (nSPS) is 11.7. The topological polar surface area (TPSA) is 82.3 Å². The van der Waals surface area contributed by atoms with Crippen LogP contribution in [0.15, 0.2) is 80.6 Å². The summed E-state index contributed by atoms with van der Waals surface area (Å²) in [4.78, 5) is 0.271. The molecule has 0 saturated heterocycles. The molecule has 27 heavy (non-hydrogen) atoms. The molecule has 2 aromatic carbocycles. The molecule has 0 radical (unpaired) electrons. The fourth-order valence-corrected chi connectivity index (χ4v) is 3.84. The van der Waals surface area contributed by atoms with Crippen molar-refractivity contribution in [2.45, 2.75) is 23.6 Å². The van der Waals surface area contributed by atoms with Crippen molar-refractivity contribution in [3.63, 3.8) is 0 Å². The number of thioether (sulfide) groups is 1. The number of aryl methyl sites for hydroxylation is 1. The van der Waals surface area contributed by atoms with Gasteiger partial charge in [-0.15, -0.1) is 10.2 Å². The lowest BCUT2D eigenvalue weighted by molar-refractivity contribution is 0.252. The van der Waals surface area contributed by atoms with Crippen LogP contribution in [0.1, 0.15) is 11.5 Å². The van der Waals surface area contributed by atoms with Crippen LogP contribution in [0.25, 0.3) is 0 Å². The Labute approximate surface area is 162 Å². The Hall–Kier alpha value is -2.58. The van der Waals surface area contributed by atoms with E-state index in [9.17, 15) is 8.42 Å². The zero-order chi connectivity index (χ0) is 19.1. The van der Waals surface area contributed by atoms with Gasteiger partial charge in [0.15, 0.2) is 16.4 Å². The Morgan fingerprint density at radius 1 is 1.07 bits per heavy atom. The summed E-state index contributed by atoms with van der Waals surface area (Å²) in [5.41, 5.74) is 1.01. The van der Waals surface area contributed by atoms with Crippen LogP contribution in [0, 0.1) is 6.92 Å². The highest BCUT2D eigenvalue weighted by molar-refractivity contribution is 7.99. The Morgan fingerprint density at radius 3 is 2.56 bits per heavy atom. The first-order valence-corrected chi connectivity index (χ1v) is 10.7. The number of sulfone groups is 1. The van der Waals surface area contributed by atoms with Crippen molar-refractivity contribution in [2.75, 3.05) is 5.75 Å². The van der Waals surface area contributed by atoms with E-state index in [2.05, 4.69) is 10.2 Å². The Bertz CT molecular complexity index is 998. The molecule has 0 bridgehead atoms. The molecule has 0 spiro atoms. The van der Waals surface area contributed by atoms with E-state index in [-0.39, 0.29) is 11.5 Å². The van der Waals surface area contributed by atoms with Crippen molar-refractivity contribution in [3.8, 4) is 5.75 Å². The molecule has 3 aromatic rings. The van der Waals surface area contributed by atoms with Crippen molar-refractivity contribution in [1.29, 1.82) is 0 Å². The van der Waals surface area contributed by atoms with Crippen molar-refractivity contribution in [3.05, 3.63) is 77.5 Å². The van der Waals surface area contributed by atoms with E-state index in [1.807, 2.05) is 37.3 Å². The van der Waals surface area contributed by atoms with Crippen molar-refractivity contribution in [1.82, 2.24) is 10.2 Å². The number of hydrogen-bond acceptors (Lipinski definition) is 7. The number of para-hydroxylation sites is 1. The average Bonchev–Trinajstić information content (AvgIpc) is 3.13. The monoisotopic (exact) mass is 402 g/mol. The lowest BCUT2D eigenvalue weighted by Gasteiger charge is -2.01. The molecular formula is C19H18N2O4S2. The van der Waals surface area contributed by atoms with Gasteiger partial charge in [0.25, 0.3) is 11.1 Å². The quantitative estimate of drug-likeness (QED) is 0.526. The molecule has 6 nitrogen and oxygen atoms in total.